The average Bonchev–Trinajstić information content (AvgIpc) is 2.63. The molecule has 0 bridgehead atoms. The van der Waals surface area contributed by atoms with E-state index in [1.54, 1.807) is 0 Å². The van der Waals surface area contributed by atoms with E-state index in [1.165, 1.54) is 19.3 Å². The number of nitrogens with zero attached hydrogens (tertiary/aromatic N) is 2. The molecule has 1 aliphatic heterocycles. The van der Waals surface area contributed by atoms with Crippen LogP contribution in [0.4, 0.5) is 0 Å². The fraction of sp³-hybridized carbons (Fsp3) is 0.579. The molecule has 1 aliphatic carbocycles. The van der Waals surface area contributed by atoms with Crippen molar-refractivity contribution in [1.82, 2.24) is 4.90 Å². The van der Waals surface area contributed by atoms with Gasteiger partial charge in [0, 0.05) is 19.0 Å². The molecule has 3 heteroatoms. The highest BCUT2D eigenvalue weighted by atomic mass is 16.2. The lowest BCUT2D eigenvalue weighted by molar-refractivity contribution is -0.138. The van der Waals surface area contributed by atoms with Crippen LogP contribution >= 0.6 is 0 Å². The molecule has 1 saturated carbocycles. The van der Waals surface area contributed by atoms with Crippen molar-refractivity contribution in [2.75, 3.05) is 13.1 Å². The van der Waals surface area contributed by atoms with Gasteiger partial charge in [0.05, 0.1) is 11.5 Å². The summed E-state index contributed by atoms with van der Waals surface area (Å²) in [7, 11) is 0. The van der Waals surface area contributed by atoms with Gasteiger partial charge in [-0.15, -0.1) is 0 Å². The number of benzene rings is 1. The van der Waals surface area contributed by atoms with Crippen LogP contribution in [-0.2, 0) is 10.2 Å². The molecule has 116 valence electrons. The zero-order valence-corrected chi connectivity index (χ0v) is 13.1. The molecule has 0 N–H and O–H groups in total. The van der Waals surface area contributed by atoms with Gasteiger partial charge in [0.25, 0.3) is 0 Å². The number of rotatable bonds is 2. The number of nitriles is 1. The highest BCUT2D eigenvalue weighted by Crippen LogP contribution is 2.36. The maximum atomic E-state index is 12.6. The van der Waals surface area contributed by atoms with Crippen LogP contribution in [0.3, 0.4) is 0 Å². The fourth-order valence-electron chi connectivity index (χ4n) is 3.94. The Morgan fingerprint density at radius 2 is 1.73 bits per heavy atom. The van der Waals surface area contributed by atoms with Crippen LogP contribution in [0.5, 0.6) is 0 Å². The summed E-state index contributed by atoms with van der Waals surface area (Å²) < 4.78 is 0. The molecule has 0 aromatic heterocycles. The minimum Gasteiger partial charge on any atom is -0.342 e. The first-order chi connectivity index (χ1) is 10.7. The van der Waals surface area contributed by atoms with E-state index in [4.69, 9.17) is 0 Å². The van der Waals surface area contributed by atoms with Gasteiger partial charge < -0.3 is 4.90 Å². The summed E-state index contributed by atoms with van der Waals surface area (Å²) in [5.41, 5.74) is 0.687. The Hall–Kier alpha value is -1.82. The molecule has 0 spiro atoms. The summed E-state index contributed by atoms with van der Waals surface area (Å²) in [5, 5.41) is 9.72. The molecule has 0 radical (unpaired) electrons. The average molecular weight is 296 g/mol. The smallest absolute Gasteiger partial charge is 0.225 e. The van der Waals surface area contributed by atoms with Crippen molar-refractivity contribution in [1.29, 1.82) is 5.26 Å². The Labute approximate surface area is 132 Å². The molecule has 0 unspecified atom stereocenters. The van der Waals surface area contributed by atoms with Gasteiger partial charge in [-0.1, -0.05) is 49.6 Å². The number of hydrogen-bond acceptors (Lipinski definition) is 2. The van der Waals surface area contributed by atoms with E-state index in [1.807, 2.05) is 35.2 Å². The lowest BCUT2D eigenvalue weighted by atomic mass is 9.74. The topological polar surface area (TPSA) is 44.1 Å². The SMILES string of the molecule is N#CC1(c2ccccc2)CCN(C(=O)C2CCCCC2)CC1. The quantitative estimate of drug-likeness (QED) is 0.836. The third-order valence-corrected chi connectivity index (χ3v) is 5.42. The van der Waals surface area contributed by atoms with Crippen molar-refractivity contribution >= 4 is 5.91 Å². The summed E-state index contributed by atoms with van der Waals surface area (Å²) in [6.45, 7) is 1.44. The molecule has 2 aliphatic rings. The fourth-order valence-corrected chi connectivity index (χ4v) is 3.94. The van der Waals surface area contributed by atoms with Gasteiger partial charge in [-0.05, 0) is 31.2 Å². The zero-order valence-electron chi connectivity index (χ0n) is 13.1. The second-order valence-corrected chi connectivity index (χ2v) is 6.72. The molecule has 3 rings (SSSR count). The maximum Gasteiger partial charge on any atom is 0.225 e. The highest BCUT2D eigenvalue weighted by Gasteiger charge is 2.38. The van der Waals surface area contributed by atoms with Crippen molar-refractivity contribution in [3.63, 3.8) is 0 Å². The summed E-state index contributed by atoms with van der Waals surface area (Å²) in [5.74, 6) is 0.569. The number of carbonyl (C=O) groups excluding carboxylic acids is 1. The van der Waals surface area contributed by atoms with E-state index in [-0.39, 0.29) is 5.92 Å². The first-order valence-electron chi connectivity index (χ1n) is 8.51. The summed E-state index contributed by atoms with van der Waals surface area (Å²) in [6.07, 6.45) is 7.27. The minimum atomic E-state index is -0.412. The van der Waals surface area contributed by atoms with E-state index in [0.29, 0.717) is 5.91 Å². The second kappa shape index (κ2) is 6.52. The summed E-state index contributed by atoms with van der Waals surface area (Å²) >= 11 is 0. The van der Waals surface area contributed by atoms with E-state index >= 15 is 0 Å². The van der Waals surface area contributed by atoms with Crippen LogP contribution in [0.2, 0.25) is 0 Å². The number of likely N-dealkylation sites (tertiary alicyclic amines) is 1. The molecular weight excluding hydrogens is 272 g/mol. The van der Waals surface area contributed by atoms with Crippen LogP contribution in [0.1, 0.15) is 50.5 Å². The van der Waals surface area contributed by atoms with E-state index in [9.17, 15) is 10.1 Å². The van der Waals surface area contributed by atoms with Gasteiger partial charge in [0.15, 0.2) is 0 Å². The van der Waals surface area contributed by atoms with Crippen molar-refractivity contribution < 1.29 is 4.79 Å². The lowest BCUT2D eigenvalue weighted by Gasteiger charge is -2.39. The van der Waals surface area contributed by atoms with Crippen LogP contribution in [0.15, 0.2) is 30.3 Å². The van der Waals surface area contributed by atoms with Crippen molar-refractivity contribution in [2.45, 2.75) is 50.4 Å². The first-order valence-corrected chi connectivity index (χ1v) is 8.51. The van der Waals surface area contributed by atoms with Gasteiger partial charge >= 0.3 is 0 Å². The number of amides is 1. The first kappa shape index (κ1) is 15.1. The van der Waals surface area contributed by atoms with Crippen LogP contribution < -0.4 is 0 Å². The molecule has 1 amide bonds. The Balaban J connectivity index is 1.66. The Bertz CT molecular complexity index is 547. The van der Waals surface area contributed by atoms with Gasteiger partial charge in [-0.2, -0.15) is 5.26 Å². The monoisotopic (exact) mass is 296 g/mol. The molecule has 1 heterocycles. The molecule has 2 fully saturated rings. The molecule has 1 aromatic rings. The summed E-state index contributed by atoms with van der Waals surface area (Å²) in [4.78, 5) is 14.6. The van der Waals surface area contributed by atoms with E-state index < -0.39 is 5.41 Å². The maximum absolute atomic E-state index is 12.6. The number of carbonyl (C=O) groups is 1. The van der Waals surface area contributed by atoms with Gasteiger partial charge in [0.2, 0.25) is 5.91 Å². The van der Waals surface area contributed by atoms with Gasteiger partial charge in [-0.25, -0.2) is 0 Å². The van der Waals surface area contributed by atoms with Crippen molar-refractivity contribution in [2.24, 2.45) is 5.92 Å². The third-order valence-electron chi connectivity index (χ3n) is 5.42. The Morgan fingerprint density at radius 3 is 2.32 bits per heavy atom. The molecule has 0 atom stereocenters. The predicted molar refractivity (Wildman–Crippen MR) is 86.1 cm³/mol. The van der Waals surface area contributed by atoms with Crippen LogP contribution in [0, 0.1) is 17.2 Å². The van der Waals surface area contributed by atoms with E-state index in [2.05, 4.69) is 6.07 Å². The summed E-state index contributed by atoms with van der Waals surface area (Å²) in [6, 6.07) is 12.6. The predicted octanol–water partition coefficient (Wildman–Crippen LogP) is 3.65. The van der Waals surface area contributed by atoms with Crippen LogP contribution in [-0.4, -0.2) is 23.9 Å². The second-order valence-electron chi connectivity index (χ2n) is 6.72. The standard InChI is InChI=1S/C19H24N2O/c20-15-19(17-9-5-2-6-10-17)11-13-21(14-12-19)18(22)16-7-3-1-4-8-16/h2,5-6,9-10,16H,1,3-4,7-8,11-14H2. The third kappa shape index (κ3) is 2.88. The van der Waals surface area contributed by atoms with E-state index in [0.717, 1.165) is 44.3 Å². The molecule has 1 aromatic carbocycles. The van der Waals surface area contributed by atoms with Gasteiger partial charge in [0.1, 0.15) is 0 Å². The number of piperidine rings is 1. The van der Waals surface area contributed by atoms with Gasteiger partial charge in [-0.3, -0.25) is 4.79 Å². The molecular formula is C19H24N2O. The Morgan fingerprint density at radius 1 is 1.09 bits per heavy atom. The molecule has 3 nitrogen and oxygen atoms in total. The molecule has 1 saturated heterocycles. The number of hydrogen-bond donors (Lipinski definition) is 0. The van der Waals surface area contributed by atoms with Crippen molar-refractivity contribution in [3.8, 4) is 6.07 Å². The lowest BCUT2D eigenvalue weighted by Crippen LogP contribution is -2.46. The van der Waals surface area contributed by atoms with Crippen LogP contribution in [0.25, 0.3) is 0 Å². The normalized spacial score (nSPS) is 22.0. The van der Waals surface area contributed by atoms with Crippen molar-refractivity contribution in [3.05, 3.63) is 35.9 Å². The Kier molecular flexibility index (Phi) is 4.47. The minimum absolute atomic E-state index is 0.236. The highest BCUT2D eigenvalue weighted by molar-refractivity contribution is 5.79. The zero-order chi connectivity index (χ0) is 15.4. The largest absolute Gasteiger partial charge is 0.342 e. The molecule has 22 heavy (non-hydrogen) atoms.